The summed E-state index contributed by atoms with van der Waals surface area (Å²) < 4.78 is 21.2. The number of carboxylic acid groups (broad SMARTS) is 1. The summed E-state index contributed by atoms with van der Waals surface area (Å²) in [5, 5.41) is 13.5. The van der Waals surface area contributed by atoms with Crippen LogP contribution < -0.4 is 10.1 Å². The molecule has 5 rings (SSSR count). The van der Waals surface area contributed by atoms with Crippen LogP contribution in [0.3, 0.4) is 0 Å². The highest BCUT2D eigenvalue weighted by Gasteiger charge is 2.38. The van der Waals surface area contributed by atoms with Gasteiger partial charge in [0.1, 0.15) is 17.4 Å². The van der Waals surface area contributed by atoms with E-state index in [1.165, 1.54) is 12.0 Å². The fraction of sp³-hybridized carbons (Fsp3) is 0.613. The number of piperidine rings is 1. The maximum atomic E-state index is 15.3. The van der Waals surface area contributed by atoms with Crippen molar-refractivity contribution in [3.63, 3.8) is 0 Å². The predicted octanol–water partition coefficient (Wildman–Crippen LogP) is 6.49. The summed E-state index contributed by atoms with van der Waals surface area (Å²) in [7, 11) is 0. The molecule has 0 amide bonds. The van der Waals surface area contributed by atoms with Crippen molar-refractivity contribution in [2.75, 3.05) is 38.1 Å². The van der Waals surface area contributed by atoms with Crippen molar-refractivity contribution in [2.24, 2.45) is 11.3 Å². The fourth-order valence-corrected chi connectivity index (χ4v) is 6.69. The van der Waals surface area contributed by atoms with Crippen molar-refractivity contribution in [3.05, 3.63) is 51.4 Å². The van der Waals surface area contributed by atoms with Gasteiger partial charge < -0.3 is 20.1 Å². The van der Waals surface area contributed by atoms with Crippen LogP contribution in [0.15, 0.2) is 18.2 Å². The van der Waals surface area contributed by atoms with Gasteiger partial charge in [-0.05, 0) is 100 Å². The number of halogens is 2. The number of hydrogen-bond acceptors (Lipinski definition) is 5. The number of fused-ring (bicyclic) bond motifs is 2. The first-order valence-corrected chi connectivity index (χ1v) is 14.9. The largest absolute Gasteiger partial charge is 0.493 e. The van der Waals surface area contributed by atoms with Crippen LogP contribution in [0.5, 0.6) is 5.75 Å². The molecule has 1 aromatic heterocycles. The number of aromatic nitrogens is 1. The number of benzene rings is 1. The predicted molar refractivity (Wildman–Crippen MR) is 153 cm³/mol. The smallest absolute Gasteiger partial charge is 0.311 e. The van der Waals surface area contributed by atoms with Crippen molar-refractivity contribution in [1.82, 2.24) is 9.88 Å². The van der Waals surface area contributed by atoms with Crippen LogP contribution in [0, 0.1) is 17.2 Å². The Labute approximate surface area is 236 Å². The van der Waals surface area contributed by atoms with Crippen molar-refractivity contribution in [1.29, 1.82) is 0 Å². The summed E-state index contributed by atoms with van der Waals surface area (Å²) in [5.41, 5.74) is 3.11. The number of likely N-dealkylation sites (tertiary alicyclic amines) is 1. The summed E-state index contributed by atoms with van der Waals surface area (Å²) in [5.74, 6) is -0.887. The Balaban J connectivity index is 1.11. The van der Waals surface area contributed by atoms with Gasteiger partial charge in [0.2, 0.25) is 0 Å². The van der Waals surface area contributed by atoms with E-state index in [2.05, 4.69) is 22.3 Å². The highest BCUT2D eigenvalue weighted by atomic mass is 35.5. The number of unbranched alkanes of at least 4 members (excludes halogenated alkanes) is 2. The summed E-state index contributed by atoms with van der Waals surface area (Å²) in [6, 6.07) is 6.08. The summed E-state index contributed by atoms with van der Waals surface area (Å²) in [4.78, 5) is 19.6. The normalized spacial score (nSPS) is 19.9. The Bertz CT molecular complexity index is 1200. The maximum Gasteiger partial charge on any atom is 0.311 e. The van der Waals surface area contributed by atoms with Crippen LogP contribution in [0.25, 0.3) is 0 Å². The van der Waals surface area contributed by atoms with Gasteiger partial charge in [0.15, 0.2) is 0 Å². The zero-order valence-electron chi connectivity index (χ0n) is 23.2. The quantitative estimate of drug-likeness (QED) is 0.343. The monoisotopic (exact) mass is 557 g/mol. The minimum absolute atomic E-state index is 0.0610. The van der Waals surface area contributed by atoms with E-state index in [1.807, 2.05) is 13.8 Å². The number of aliphatic carboxylic acids is 1. The Kier molecular flexibility index (Phi) is 8.67. The van der Waals surface area contributed by atoms with E-state index in [1.54, 1.807) is 6.07 Å². The van der Waals surface area contributed by atoms with E-state index < -0.39 is 17.7 Å². The molecule has 0 unspecified atom stereocenters. The van der Waals surface area contributed by atoms with Gasteiger partial charge in [-0.15, -0.1) is 0 Å². The third-order valence-electron chi connectivity index (χ3n) is 8.63. The maximum absolute atomic E-state index is 15.3. The van der Waals surface area contributed by atoms with Gasteiger partial charge in [0, 0.05) is 23.2 Å². The van der Waals surface area contributed by atoms with Crippen molar-refractivity contribution >= 4 is 23.4 Å². The van der Waals surface area contributed by atoms with Crippen molar-refractivity contribution in [2.45, 2.75) is 77.6 Å². The molecule has 3 aliphatic rings. The second-order valence-corrected chi connectivity index (χ2v) is 12.7. The second-order valence-electron chi connectivity index (χ2n) is 12.3. The summed E-state index contributed by atoms with van der Waals surface area (Å²) >= 11 is 6.48. The van der Waals surface area contributed by atoms with E-state index in [0.717, 1.165) is 82.6 Å². The number of carbonyl (C=O) groups is 1. The lowest BCUT2D eigenvalue weighted by Gasteiger charge is -2.36. The van der Waals surface area contributed by atoms with Gasteiger partial charge in [-0.3, -0.25) is 4.79 Å². The fourth-order valence-electron chi connectivity index (χ4n) is 6.41. The number of hydrogen-bond donors (Lipinski definition) is 2. The van der Waals surface area contributed by atoms with Crippen LogP contribution >= 0.6 is 11.6 Å². The number of nitrogens with one attached hydrogen (secondary N) is 1. The molecule has 8 heteroatoms. The average molecular weight is 558 g/mol. The number of aryl methyl sites for hydroxylation is 2. The number of rotatable bonds is 9. The Morgan fingerprint density at radius 1 is 1.28 bits per heavy atom. The molecule has 0 saturated carbocycles. The Morgan fingerprint density at radius 2 is 2.08 bits per heavy atom. The van der Waals surface area contributed by atoms with E-state index in [9.17, 15) is 9.90 Å². The minimum Gasteiger partial charge on any atom is -0.493 e. The van der Waals surface area contributed by atoms with E-state index >= 15 is 4.39 Å². The van der Waals surface area contributed by atoms with Gasteiger partial charge >= 0.3 is 5.97 Å². The SMILES string of the molecule is CC1(C)COc2cc([C@H](C(=O)O)C3CCN(CCCCCc4ccc5c(n4)NCCC5)CC3)c(Cl)c(F)c2C1. The van der Waals surface area contributed by atoms with E-state index in [-0.39, 0.29) is 16.4 Å². The molecular formula is C31H41ClFN3O3. The zero-order chi connectivity index (χ0) is 27.6. The molecule has 1 aromatic carbocycles. The second kappa shape index (κ2) is 12.0. The first-order chi connectivity index (χ1) is 18.7. The molecule has 3 aliphatic heterocycles. The minimum atomic E-state index is -0.947. The lowest BCUT2D eigenvalue weighted by molar-refractivity contribution is -0.140. The van der Waals surface area contributed by atoms with Crippen LogP contribution in [0.4, 0.5) is 10.2 Å². The van der Waals surface area contributed by atoms with E-state index in [4.69, 9.17) is 21.3 Å². The molecule has 4 heterocycles. The van der Waals surface area contributed by atoms with E-state index in [0.29, 0.717) is 29.9 Å². The Morgan fingerprint density at radius 3 is 2.85 bits per heavy atom. The average Bonchev–Trinajstić information content (AvgIpc) is 2.92. The Hall–Kier alpha value is -2.38. The van der Waals surface area contributed by atoms with Crippen LogP contribution in [0.2, 0.25) is 5.02 Å². The molecule has 1 fully saturated rings. The van der Waals surface area contributed by atoms with Crippen LogP contribution in [0.1, 0.15) is 80.7 Å². The molecule has 0 spiro atoms. The molecule has 6 nitrogen and oxygen atoms in total. The zero-order valence-corrected chi connectivity index (χ0v) is 24.0. The third-order valence-corrected chi connectivity index (χ3v) is 9.02. The van der Waals surface area contributed by atoms with Crippen molar-refractivity contribution in [3.8, 4) is 5.75 Å². The highest BCUT2D eigenvalue weighted by molar-refractivity contribution is 6.32. The molecule has 1 saturated heterocycles. The van der Waals surface area contributed by atoms with Crippen molar-refractivity contribution < 1.29 is 19.0 Å². The van der Waals surface area contributed by atoms with Gasteiger partial charge in [0.05, 0.1) is 17.5 Å². The lowest BCUT2D eigenvalue weighted by atomic mass is 9.78. The summed E-state index contributed by atoms with van der Waals surface area (Å²) in [6.07, 6.45) is 8.70. The number of nitrogens with zero attached hydrogens (tertiary/aromatic N) is 2. The standard InChI is InChI=1S/C31H41ClFN3O3/c1-31(2)18-24-25(39-19-31)17-23(27(32)28(24)33)26(30(37)38)20-11-15-36(16-12-20)14-5-3-4-8-22-10-9-21-7-6-13-34-29(21)35-22/h9-10,17,20,26H,3-8,11-16,18-19H2,1-2H3,(H,34,35)(H,37,38)/t26-/m1/s1. The lowest BCUT2D eigenvalue weighted by Crippen LogP contribution is -2.38. The molecule has 1 atom stereocenters. The molecule has 212 valence electrons. The van der Waals surface area contributed by atoms with Gasteiger partial charge in [0.25, 0.3) is 0 Å². The molecule has 0 radical (unpaired) electrons. The first-order valence-electron chi connectivity index (χ1n) is 14.5. The first kappa shape index (κ1) is 28.2. The topological polar surface area (TPSA) is 74.7 Å². The molecule has 2 aromatic rings. The number of ether oxygens (including phenoxy) is 1. The molecule has 39 heavy (non-hydrogen) atoms. The van der Waals surface area contributed by atoms with Crippen LogP contribution in [-0.2, 0) is 24.1 Å². The summed E-state index contributed by atoms with van der Waals surface area (Å²) in [6.45, 7) is 8.24. The van der Waals surface area contributed by atoms with Gasteiger partial charge in [-0.2, -0.15) is 0 Å². The molecule has 2 N–H and O–H groups in total. The van der Waals surface area contributed by atoms with Gasteiger partial charge in [-0.1, -0.05) is 37.9 Å². The van der Waals surface area contributed by atoms with Gasteiger partial charge in [-0.25, -0.2) is 9.37 Å². The number of pyridine rings is 1. The molecule has 0 aliphatic carbocycles. The third kappa shape index (κ3) is 6.51. The molecule has 0 bridgehead atoms. The van der Waals surface area contributed by atoms with Crippen LogP contribution in [-0.4, -0.2) is 53.7 Å². The number of anilines is 1. The highest BCUT2D eigenvalue weighted by Crippen LogP contribution is 2.44. The number of carboxylic acids is 1. The molecular weight excluding hydrogens is 517 g/mol.